The summed E-state index contributed by atoms with van der Waals surface area (Å²) in [6.07, 6.45) is 9.16. The maximum atomic E-state index is 12.8. The van der Waals surface area contributed by atoms with Crippen molar-refractivity contribution < 1.29 is 4.79 Å². The molecule has 0 aromatic heterocycles. The molecule has 0 bridgehead atoms. The second kappa shape index (κ2) is 3.72. The number of hydrogen-bond donors (Lipinski definition) is 0. The normalized spacial score (nSPS) is 37.5. The third-order valence-electron chi connectivity index (χ3n) is 5.37. The number of carbonyl (C=O) groups is 1. The first-order valence-corrected chi connectivity index (χ1v) is 7.30. The van der Waals surface area contributed by atoms with Crippen LogP contribution in [0.3, 0.4) is 0 Å². The number of carbonyl (C=O) groups excluding carboxylic acids is 1. The van der Waals surface area contributed by atoms with Crippen LogP contribution in [0.1, 0.15) is 31.2 Å². The predicted molar refractivity (Wildman–Crippen MR) is 76.1 cm³/mol. The van der Waals surface area contributed by atoms with Gasteiger partial charge >= 0.3 is 0 Å². The molecule has 2 nitrogen and oxygen atoms in total. The van der Waals surface area contributed by atoms with Crippen LogP contribution in [-0.2, 0) is 10.2 Å². The molecule has 0 saturated heterocycles. The number of hydrogen-bond acceptors (Lipinski definition) is 1. The number of fused-ring (bicyclic) bond motifs is 5. The third kappa shape index (κ3) is 1.24. The van der Waals surface area contributed by atoms with Crippen LogP contribution in [0.5, 0.6) is 0 Å². The van der Waals surface area contributed by atoms with E-state index in [9.17, 15) is 4.79 Å². The number of rotatable bonds is 0. The van der Waals surface area contributed by atoms with Gasteiger partial charge in [-0.3, -0.25) is 4.79 Å². The summed E-state index contributed by atoms with van der Waals surface area (Å²) in [4.78, 5) is 14.7. The lowest BCUT2D eigenvalue weighted by atomic mass is 9.91. The van der Waals surface area contributed by atoms with Crippen LogP contribution in [0, 0.1) is 11.8 Å². The van der Waals surface area contributed by atoms with Crippen LogP contribution in [0.25, 0.3) is 0 Å². The number of likely N-dealkylation sites (N-methyl/N-ethyl adjacent to an activating group) is 1. The van der Waals surface area contributed by atoms with Gasteiger partial charge in [0.25, 0.3) is 0 Å². The van der Waals surface area contributed by atoms with E-state index >= 15 is 0 Å². The second-order valence-corrected chi connectivity index (χ2v) is 6.09. The first-order valence-electron chi connectivity index (χ1n) is 7.30. The zero-order chi connectivity index (χ0) is 13.0. The summed E-state index contributed by atoms with van der Waals surface area (Å²) >= 11 is 0. The zero-order valence-corrected chi connectivity index (χ0v) is 11.3. The molecule has 0 N–H and O–H groups in total. The fourth-order valence-corrected chi connectivity index (χ4v) is 4.52. The summed E-state index contributed by atoms with van der Waals surface area (Å²) in [5.41, 5.74) is 2.25. The van der Waals surface area contributed by atoms with E-state index in [0.717, 1.165) is 31.4 Å². The van der Waals surface area contributed by atoms with E-state index in [4.69, 9.17) is 0 Å². The highest BCUT2D eigenvalue weighted by Crippen LogP contribution is 2.69. The van der Waals surface area contributed by atoms with Crippen molar-refractivity contribution in [2.75, 3.05) is 11.9 Å². The minimum Gasteiger partial charge on any atom is -0.314 e. The van der Waals surface area contributed by atoms with Gasteiger partial charge in [0.2, 0.25) is 5.91 Å². The van der Waals surface area contributed by atoms with Gasteiger partial charge in [-0.05, 0) is 49.1 Å². The molecule has 2 aliphatic carbocycles. The van der Waals surface area contributed by atoms with Gasteiger partial charge in [0.1, 0.15) is 0 Å². The summed E-state index contributed by atoms with van der Waals surface area (Å²) < 4.78 is 0. The zero-order valence-electron chi connectivity index (χ0n) is 11.3. The van der Waals surface area contributed by atoms with E-state index in [1.807, 2.05) is 18.0 Å². The number of allylic oxidation sites excluding steroid dienone is 2. The van der Waals surface area contributed by atoms with Gasteiger partial charge in [0, 0.05) is 12.7 Å². The molecular formula is C17H19NO. The Kier molecular flexibility index (Phi) is 2.21. The molecule has 1 saturated carbocycles. The minimum absolute atomic E-state index is 0.169. The summed E-state index contributed by atoms with van der Waals surface area (Å²) in [6.45, 7) is 0. The minimum atomic E-state index is -0.169. The Labute approximate surface area is 114 Å². The lowest BCUT2D eigenvalue weighted by molar-refractivity contribution is -0.120. The molecule has 1 unspecified atom stereocenters. The molecule has 1 aromatic carbocycles. The molecular weight excluding hydrogens is 234 g/mol. The van der Waals surface area contributed by atoms with Crippen LogP contribution in [-0.4, -0.2) is 13.0 Å². The Morgan fingerprint density at radius 2 is 1.74 bits per heavy atom. The molecule has 4 rings (SSSR count). The van der Waals surface area contributed by atoms with E-state index in [2.05, 4.69) is 30.4 Å². The highest BCUT2D eigenvalue weighted by molar-refractivity contribution is 6.10. The SMILES string of the molecule is CN1C(=O)C2(c3ccccc31)[C@@H]1CC/C=C\CC[C@@H]12. The monoisotopic (exact) mass is 253 g/mol. The van der Waals surface area contributed by atoms with E-state index in [0.29, 0.717) is 17.7 Å². The van der Waals surface area contributed by atoms with Crippen molar-refractivity contribution >= 4 is 11.6 Å². The van der Waals surface area contributed by atoms with Crippen molar-refractivity contribution in [3.63, 3.8) is 0 Å². The molecule has 0 radical (unpaired) electrons. The van der Waals surface area contributed by atoms with E-state index in [1.54, 1.807) is 0 Å². The van der Waals surface area contributed by atoms with Gasteiger partial charge in [-0.1, -0.05) is 30.4 Å². The Bertz CT molecular complexity index is 558. The fourth-order valence-electron chi connectivity index (χ4n) is 4.52. The first-order chi connectivity index (χ1) is 9.28. The molecule has 3 aliphatic rings. The smallest absolute Gasteiger partial charge is 0.238 e. The Balaban J connectivity index is 1.82. The average Bonchev–Trinajstić information content (AvgIpc) is 2.96. The largest absolute Gasteiger partial charge is 0.314 e. The average molecular weight is 253 g/mol. The molecule has 1 amide bonds. The van der Waals surface area contributed by atoms with Crippen LogP contribution in [0.15, 0.2) is 36.4 Å². The van der Waals surface area contributed by atoms with Crippen LogP contribution in [0.4, 0.5) is 5.69 Å². The van der Waals surface area contributed by atoms with Crippen molar-refractivity contribution in [2.45, 2.75) is 31.1 Å². The summed E-state index contributed by atoms with van der Waals surface area (Å²) in [5.74, 6) is 1.47. The third-order valence-corrected chi connectivity index (χ3v) is 5.37. The second-order valence-electron chi connectivity index (χ2n) is 6.09. The molecule has 1 aromatic rings. The molecule has 2 heteroatoms. The maximum Gasteiger partial charge on any atom is 0.238 e. The quantitative estimate of drug-likeness (QED) is 0.650. The van der Waals surface area contributed by atoms with Crippen molar-refractivity contribution in [2.24, 2.45) is 11.8 Å². The number of para-hydroxylation sites is 1. The Morgan fingerprint density at radius 3 is 2.42 bits per heavy atom. The van der Waals surface area contributed by atoms with Gasteiger partial charge in [-0.25, -0.2) is 0 Å². The van der Waals surface area contributed by atoms with Gasteiger partial charge in [0.15, 0.2) is 0 Å². The van der Waals surface area contributed by atoms with E-state index in [-0.39, 0.29) is 5.41 Å². The molecule has 1 spiro atoms. The van der Waals surface area contributed by atoms with Crippen LogP contribution in [0.2, 0.25) is 0 Å². The fraction of sp³-hybridized carbons (Fsp3) is 0.471. The molecule has 1 aliphatic heterocycles. The van der Waals surface area contributed by atoms with Crippen molar-refractivity contribution in [3.05, 3.63) is 42.0 Å². The van der Waals surface area contributed by atoms with Crippen LogP contribution >= 0.6 is 0 Å². The van der Waals surface area contributed by atoms with Crippen molar-refractivity contribution in [1.82, 2.24) is 0 Å². The number of amides is 1. The molecule has 1 heterocycles. The molecule has 1 fully saturated rings. The highest BCUT2D eigenvalue weighted by Gasteiger charge is 2.72. The summed E-state index contributed by atoms with van der Waals surface area (Å²) in [5, 5.41) is 0. The topological polar surface area (TPSA) is 20.3 Å². The summed E-state index contributed by atoms with van der Waals surface area (Å²) in [6, 6.07) is 8.38. The van der Waals surface area contributed by atoms with Gasteiger partial charge < -0.3 is 4.90 Å². The maximum absolute atomic E-state index is 12.8. The van der Waals surface area contributed by atoms with Gasteiger partial charge in [-0.2, -0.15) is 0 Å². The first kappa shape index (κ1) is 11.3. The highest BCUT2D eigenvalue weighted by atomic mass is 16.2. The summed E-state index contributed by atoms with van der Waals surface area (Å²) in [7, 11) is 1.93. The standard InChI is InChI=1S/C17H19NO/c1-18-15-11-7-6-10-14(15)17(16(18)19)12-8-4-2-3-5-9-13(12)17/h2-3,6-7,10-13H,4-5,8-9H2,1H3/b3-2-/t12-,13+,17?. The molecule has 19 heavy (non-hydrogen) atoms. The van der Waals surface area contributed by atoms with Crippen LogP contribution < -0.4 is 4.90 Å². The Morgan fingerprint density at radius 1 is 1.11 bits per heavy atom. The Hall–Kier alpha value is -1.57. The number of nitrogens with zero attached hydrogens (tertiary/aromatic N) is 1. The van der Waals surface area contributed by atoms with E-state index < -0.39 is 0 Å². The number of benzene rings is 1. The van der Waals surface area contributed by atoms with Crippen molar-refractivity contribution in [3.8, 4) is 0 Å². The predicted octanol–water partition coefficient (Wildman–Crippen LogP) is 3.28. The van der Waals surface area contributed by atoms with Gasteiger partial charge in [-0.15, -0.1) is 0 Å². The van der Waals surface area contributed by atoms with E-state index in [1.165, 1.54) is 5.56 Å². The van der Waals surface area contributed by atoms with Gasteiger partial charge in [0.05, 0.1) is 5.41 Å². The number of anilines is 1. The molecule has 3 atom stereocenters. The molecule has 98 valence electrons. The lowest BCUT2D eigenvalue weighted by Gasteiger charge is -2.11. The lowest BCUT2D eigenvalue weighted by Crippen LogP contribution is -2.30. The van der Waals surface area contributed by atoms with Crippen molar-refractivity contribution in [1.29, 1.82) is 0 Å².